The molecule has 4 rings (SSSR count). The predicted molar refractivity (Wildman–Crippen MR) is 119 cm³/mol. The Hall–Kier alpha value is -3.65. The van der Waals surface area contributed by atoms with Crippen molar-refractivity contribution in [2.45, 2.75) is 13.5 Å². The summed E-state index contributed by atoms with van der Waals surface area (Å²) >= 11 is 1.15. The summed E-state index contributed by atoms with van der Waals surface area (Å²) < 4.78 is 16.0. The average molecular weight is 436 g/mol. The molecule has 2 aromatic heterocycles. The molecule has 31 heavy (non-hydrogen) atoms. The maximum absolute atomic E-state index is 12.8. The van der Waals surface area contributed by atoms with Gasteiger partial charge in [-0.3, -0.25) is 4.79 Å². The Bertz CT molecular complexity index is 1310. The van der Waals surface area contributed by atoms with E-state index in [1.807, 2.05) is 30.3 Å². The first kappa shape index (κ1) is 20.6. The van der Waals surface area contributed by atoms with E-state index < -0.39 is 5.97 Å². The van der Waals surface area contributed by atoms with Crippen LogP contribution in [0.1, 0.15) is 20.8 Å². The number of fused-ring (bicyclic) bond motifs is 1. The molecule has 4 aromatic rings. The van der Waals surface area contributed by atoms with Crippen LogP contribution in [0.15, 0.2) is 53.3 Å². The van der Waals surface area contributed by atoms with Crippen molar-refractivity contribution in [2.75, 3.05) is 14.2 Å². The maximum atomic E-state index is 12.8. The Morgan fingerprint density at radius 1 is 1.06 bits per heavy atom. The number of nitrogens with one attached hydrogen (secondary N) is 1. The molecule has 0 radical (unpaired) electrons. The van der Waals surface area contributed by atoms with Gasteiger partial charge in [0.1, 0.15) is 22.1 Å². The van der Waals surface area contributed by atoms with Crippen molar-refractivity contribution in [2.24, 2.45) is 0 Å². The maximum Gasteiger partial charge on any atom is 0.349 e. The van der Waals surface area contributed by atoms with E-state index in [1.165, 1.54) is 7.11 Å². The van der Waals surface area contributed by atoms with Crippen LogP contribution < -0.4 is 15.0 Å². The number of H-pyrrole nitrogens is 1. The van der Waals surface area contributed by atoms with Gasteiger partial charge < -0.3 is 19.2 Å². The fourth-order valence-corrected chi connectivity index (χ4v) is 4.32. The van der Waals surface area contributed by atoms with Crippen LogP contribution >= 0.6 is 11.3 Å². The fraction of sp³-hybridized carbons (Fsp3) is 0.174. The van der Waals surface area contributed by atoms with Crippen LogP contribution in [0.3, 0.4) is 0 Å². The van der Waals surface area contributed by atoms with Crippen LogP contribution in [0.5, 0.6) is 11.5 Å². The monoisotopic (exact) mass is 436 g/mol. The number of aryl methyl sites for hydroxylation is 1. The van der Waals surface area contributed by atoms with Gasteiger partial charge in [-0.1, -0.05) is 30.3 Å². The molecule has 7 nitrogen and oxygen atoms in total. The van der Waals surface area contributed by atoms with E-state index in [0.29, 0.717) is 43.5 Å². The largest absolute Gasteiger partial charge is 0.493 e. The molecule has 2 aromatic carbocycles. The SMILES string of the molecule is COc1ccc(-c2nc3sc(C(=O)OCc4ccccc4)c(C)c3c(=O)[nH]2)cc1OC. The second-order valence-electron chi connectivity index (χ2n) is 6.78. The van der Waals surface area contributed by atoms with Crippen molar-refractivity contribution >= 4 is 27.5 Å². The Balaban J connectivity index is 1.68. The van der Waals surface area contributed by atoms with Gasteiger partial charge in [0, 0.05) is 5.56 Å². The number of thiophene rings is 1. The molecule has 158 valence electrons. The quantitative estimate of drug-likeness (QED) is 0.453. The lowest BCUT2D eigenvalue weighted by molar-refractivity contribution is 0.0478. The zero-order valence-corrected chi connectivity index (χ0v) is 18.0. The van der Waals surface area contributed by atoms with Crippen molar-refractivity contribution in [3.05, 3.63) is 74.9 Å². The van der Waals surface area contributed by atoms with E-state index in [9.17, 15) is 9.59 Å². The molecule has 0 saturated heterocycles. The van der Waals surface area contributed by atoms with Crippen LogP contribution in [0.2, 0.25) is 0 Å². The molecule has 0 aliphatic rings. The summed E-state index contributed by atoms with van der Waals surface area (Å²) in [5.74, 6) is 1.00. The van der Waals surface area contributed by atoms with Crippen LogP contribution in [0, 0.1) is 6.92 Å². The van der Waals surface area contributed by atoms with Gasteiger partial charge in [0.15, 0.2) is 11.5 Å². The predicted octanol–water partition coefficient (Wildman–Crippen LogP) is 4.33. The fourth-order valence-electron chi connectivity index (χ4n) is 3.25. The van der Waals surface area contributed by atoms with E-state index in [4.69, 9.17) is 14.2 Å². The molecule has 0 amide bonds. The third-order valence-corrected chi connectivity index (χ3v) is 6.02. The number of benzene rings is 2. The third kappa shape index (κ3) is 4.02. The Morgan fingerprint density at radius 2 is 1.81 bits per heavy atom. The topological polar surface area (TPSA) is 90.5 Å². The minimum Gasteiger partial charge on any atom is -0.493 e. The Labute approximate surface area is 182 Å². The molecule has 0 spiro atoms. The number of ether oxygens (including phenoxy) is 3. The average Bonchev–Trinajstić information content (AvgIpc) is 3.14. The lowest BCUT2D eigenvalue weighted by atomic mass is 10.1. The minimum absolute atomic E-state index is 0.161. The van der Waals surface area contributed by atoms with E-state index in [2.05, 4.69) is 9.97 Å². The van der Waals surface area contributed by atoms with Crippen LogP contribution in [-0.4, -0.2) is 30.2 Å². The van der Waals surface area contributed by atoms with Crippen molar-refractivity contribution in [1.29, 1.82) is 0 Å². The van der Waals surface area contributed by atoms with Gasteiger partial charge in [-0.05, 0) is 36.2 Å². The van der Waals surface area contributed by atoms with E-state index >= 15 is 0 Å². The molecule has 8 heteroatoms. The number of aromatic amines is 1. The molecular weight excluding hydrogens is 416 g/mol. The Morgan fingerprint density at radius 3 is 2.52 bits per heavy atom. The molecule has 2 heterocycles. The minimum atomic E-state index is -0.476. The molecular formula is C23H20N2O5S. The van der Waals surface area contributed by atoms with Crippen molar-refractivity contribution in [3.8, 4) is 22.9 Å². The second kappa shape index (κ2) is 8.61. The van der Waals surface area contributed by atoms with Crippen LogP contribution in [0.25, 0.3) is 21.6 Å². The number of rotatable bonds is 6. The molecule has 0 atom stereocenters. The second-order valence-corrected chi connectivity index (χ2v) is 7.78. The normalized spacial score (nSPS) is 10.8. The highest BCUT2D eigenvalue weighted by molar-refractivity contribution is 7.20. The van der Waals surface area contributed by atoms with Gasteiger partial charge in [0.2, 0.25) is 0 Å². The first-order chi connectivity index (χ1) is 15.0. The number of nitrogens with zero attached hydrogens (tertiary/aromatic N) is 1. The number of carbonyl (C=O) groups excluding carboxylic acids is 1. The molecule has 0 fully saturated rings. The van der Waals surface area contributed by atoms with Crippen molar-refractivity contribution in [3.63, 3.8) is 0 Å². The number of hydrogen-bond acceptors (Lipinski definition) is 7. The lowest BCUT2D eigenvalue weighted by Crippen LogP contribution is -2.10. The third-order valence-electron chi connectivity index (χ3n) is 4.86. The number of hydrogen-bond donors (Lipinski definition) is 1. The highest BCUT2D eigenvalue weighted by Crippen LogP contribution is 2.33. The summed E-state index contributed by atoms with van der Waals surface area (Å²) in [6.45, 7) is 1.89. The lowest BCUT2D eigenvalue weighted by Gasteiger charge is -2.09. The van der Waals surface area contributed by atoms with Crippen LogP contribution in [-0.2, 0) is 11.3 Å². The molecule has 0 bridgehead atoms. The number of esters is 1. The highest BCUT2D eigenvalue weighted by atomic mass is 32.1. The number of methoxy groups -OCH3 is 2. The molecule has 0 unspecified atom stereocenters. The van der Waals surface area contributed by atoms with E-state index in [-0.39, 0.29) is 12.2 Å². The van der Waals surface area contributed by atoms with E-state index in [0.717, 1.165) is 16.9 Å². The summed E-state index contributed by atoms with van der Waals surface area (Å²) in [5, 5.41) is 0.390. The van der Waals surface area contributed by atoms with Gasteiger partial charge in [-0.15, -0.1) is 11.3 Å². The standard InChI is InChI=1S/C23H20N2O5S/c1-13-18-21(26)24-20(15-9-10-16(28-2)17(11-15)29-3)25-22(18)31-19(13)23(27)30-12-14-7-5-4-6-8-14/h4-11H,12H2,1-3H3,(H,24,25,26). The van der Waals surface area contributed by atoms with Gasteiger partial charge in [-0.2, -0.15) is 0 Å². The molecule has 0 aliphatic heterocycles. The summed E-state index contributed by atoms with van der Waals surface area (Å²) in [6.07, 6.45) is 0. The summed E-state index contributed by atoms with van der Waals surface area (Å²) in [4.78, 5) is 33.7. The first-order valence-electron chi connectivity index (χ1n) is 9.48. The van der Waals surface area contributed by atoms with Gasteiger partial charge >= 0.3 is 5.97 Å². The number of carbonyl (C=O) groups is 1. The van der Waals surface area contributed by atoms with Gasteiger partial charge in [-0.25, -0.2) is 9.78 Å². The first-order valence-corrected chi connectivity index (χ1v) is 10.3. The van der Waals surface area contributed by atoms with Crippen LogP contribution in [0.4, 0.5) is 0 Å². The van der Waals surface area contributed by atoms with Crippen molar-refractivity contribution < 1.29 is 19.0 Å². The zero-order chi connectivity index (χ0) is 22.0. The Kier molecular flexibility index (Phi) is 5.73. The summed E-state index contributed by atoms with van der Waals surface area (Å²) in [7, 11) is 3.09. The smallest absolute Gasteiger partial charge is 0.349 e. The number of aromatic nitrogens is 2. The molecule has 0 aliphatic carbocycles. The molecule has 1 N–H and O–H groups in total. The van der Waals surface area contributed by atoms with Gasteiger partial charge in [0.25, 0.3) is 5.56 Å². The highest BCUT2D eigenvalue weighted by Gasteiger charge is 2.21. The summed E-state index contributed by atoms with van der Waals surface area (Å²) in [6, 6.07) is 14.7. The van der Waals surface area contributed by atoms with E-state index in [1.54, 1.807) is 32.2 Å². The van der Waals surface area contributed by atoms with Crippen molar-refractivity contribution in [1.82, 2.24) is 9.97 Å². The summed E-state index contributed by atoms with van der Waals surface area (Å²) in [5.41, 5.74) is 1.80. The van der Waals surface area contributed by atoms with Gasteiger partial charge in [0.05, 0.1) is 19.6 Å². The zero-order valence-electron chi connectivity index (χ0n) is 17.2. The molecule has 0 saturated carbocycles.